The maximum Gasteiger partial charge on any atom is 0.234 e. The molecule has 150 valence electrons. The number of rotatable bonds is 7. The Balaban J connectivity index is 1.28. The average molecular weight is 426 g/mol. The molecule has 2 amide bonds. The molecule has 1 saturated carbocycles. The minimum atomic E-state index is -0.0675. The van der Waals surface area contributed by atoms with Crippen LogP contribution in [0.4, 0.5) is 5.69 Å². The van der Waals surface area contributed by atoms with Gasteiger partial charge in [0.05, 0.1) is 17.9 Å². The van der Waals surface area contributed by atoms with Crippen LogP contribution >= 0.6 is 23.1 Å². The predicted octanol–water partition coefficient (Wildman–Crippen LogP) is 4.63. The van der Waals surface area contributed by atoms with Crippen molar-refractivity contribution >= 4 is 51.4 Å². The monoisotopic (exact) mass is 425 g/mol. The van der Waals surface area contributed by atoms with E-state index in [-0.39, 0.29) is 17.6 Å². The van der Waals surface area contributed by atoms with Crippen molar-refractivity contribution in [2.75, 3.05) is 11.1 Å². The molecule has 29 heavy (non-hydrogen) atoms. The largest absolute Gasteiger partial charge is 0.353 e. The Bertz CT molecular complexity index is 1010. The molecule has 0 atom stereocenters. The molecule has 2 aromatic carbocycles. The molecule has 1 heterocycles. The molecular formula is C22H23N3O2S2. The number of aromatic nitrogens is 1. The molecule has 0 unspecified atom stereocenters. The van der Waals surface area contributed by atoms with Crippen molar-refractivity contribution in [1.29, 1.82) is 0 Å². The van der Waals surface area contributed by atoms with Crippen molar-refractivity contribution in [2.45, 2.75) is 42.5 Å². The van der Waals surface area contributed by atoms with Crippen LogP contribution in [0.25, 0.3) is 10.8 Å². The van der Waals surface area contributed by atoms with E-state index in [4.69, 9.17) is 0 Å². The third kappa shape index (κ3) is 5.36. The Hall–Kier alpha value is -2.38. The number of thioether (sulfide) groups is 1. The summed E-state index contributed by atoms with van der Waals surface area (Å²) in [5, 5.41) is 10.1. The van der Waals surface area contributed by atoms with E-state index in [2.05, 4.69) is 15.6 Å². The summed E-state index contributed by atoms with van der Waals surface area (Å²) in [5.41, 5.74) is 1.58. The van der Waals surface area contributed by atoms with Gasteiger partial charge in [0.2, 0.25) is 11.8 Å². The number of fused-ring (bicyclic) bond motifs is 1. The first-order chi connectivity index (χ1) is 14.2. The lowest BCUT2D eigenvalue weighted by atomic mass is 10.1. The Morgan fingerprint density at radius 3 is 2.72 bits per heavy atom. The highest BCUT2D eigenvalue weighted by atomic mass is 32.2. The number of hydrogen-bond acceptors (Lipinski definition) is 5. The fraction of sp³-hybridized carbons (Fsp3) is 0.318. The molecule has 4 rings (SSSR count). The van der Waals surface area contributed by atoms with E-state index in [1.165, 1.54) is 35.9 Å². The van der Waals surface area contributed by atoms with Crippen LogP contribution in [-0.2, 0) is 16.0 Å². The van der Waals surface area contributed by atoms with Crippen LogP contribution < -0.4 is 10.6 Å². The summed E-state index contributed by atoms with van der Waals surface area (Å²) < 4.78 is 0.807. The molecule has 0 radical (unpaired) electrons. The zero-order valence-corrected chi connectivity index (χ0v) is 17.7. The topological polar surface area (TPSA) is 71.1 Å². The average Bonchev–Trinajstić information content (AvgIpc) is 3.39. The van der Waals surface area contributed by atoms with Gasteiger partial charge in [-0.15, -0.1) is 11.3 Å². The first-order valence-electron chi connectivity index (χ1n) is 9.81. The van der Waals surface area contributed by atoms with Crippen LogP contribution in [0, 0.1) is 0 Å². The molecule has 3 aromatic rings. The summed E-state index contributed by atoms with van der Waals surface area (Å²) in [4.78, 5) is 29.0. The van der Waals surface area contributed by atoms with Crippen LogP contribution in [0.1, 0.15) is 31.4 Å². The first-order valence-corrected chi connectivity index (χ1v) is 11.7. The third-order valence-electron chi connectivity index (χ3n) is 4.98. The molecule has 5 nitrogen and oxygen atoms in total. The van der Waals surface area contributed by atoms with Crippen molar-refractivity contribution in [2.24, 2.45) is 0 Å². The lowest BCUT2D eigenvalue weighted by Crippen LogP contribution is -2.33. The van der Waals surface area contributed by atoms with Gasteiger partial charge in [-0.2, -0.15) is 0 Å². The molecule has 7 heteroatoms. The number of hydrogen-bond donors (Lipinski definition) is 2. The molecule has 1 aromatic heterocycles. The van der Waals surface area contributed by atoms with Gasteiger partial charge in [0, 0.05) is 22.5 Å². The van der Waals surface area contributed by atoms with Gasteiger partial charge < -0.3 is 10.6 Å². The minimum Gasteiger partial charge on any atom is -0.353 e. The number of carbonyl (C=O) groups excluding carboxylic acids is 2. The van der Waals surface area contributed by atoms with Crippen molar-refractivity contribution in [1.82, 2.24) is 10.3 Å². The summed E-state index contributed by atoms with van der Waals surface area (Å²) >= 11 is 2.87. The molecule has 2 N–H and O–H groups in total. The third-order valence-corrected chi connectivity index (χ3v) is 7.05. The van der Waals surface area contributed by atoms with E-state index in [0.717, 1.165) is 39.3 Å². The second-order valence-electron chi connectivity index (χ2n) is 7.19. The molecule has 1 fully saturated rings. The van der Waals surface area contributed by atoms with E-state index < -0.39 is 0 Å². The normalized spacial score (nSPS) is 14.2. The maximum absolute atomic E-state index is 12.4. The zero-order valence-electron chi connectivity index (χ0n) is 16.0. The molecule has 0 saturated heterocycles. The smallest absolute Gasteiger partial charge is 0.234 e. The van der Waals surface area contributed by atoms with Crippen molar-refractivity contribution in [3.63, 3.8) is 0 Å². The number of nitrogens with zero attached hydrogens (tertiary/aromatic N) is 1. The lowest BCUT2D eigenvalue weighted by Gasteiger charge is -2.10. The predicted molar refractivity (Wildman–Crippen MR) is 120 cm³/mol. The van der Waals surface area contributed by atoms with E-state index in [0.29, 0.717) is 12.5 Å². The van der Waals surface area contributed by atoms with Gasteiger partial charge in [-0.05, 0) is 24.3 Å². The van der Waals surface area contributed by atoms with Crippen molar-refractivity contribution in [3.05, 3.63) is 53.5 Å². The quantitative estimate of drug-likeness (QED) is 0.542. The van der Waals surface area contributed by atoms with E-state index >= 15 is 0 Å². The summed E-state index contributed by atoms with van der Waals surface area (Å²) in [6.07, 6.45) is 4.85. The van der Waals surface area contributed by atoms with Crippen LogP contribution in [0.2, 0.25) is 0 Å². The summed E-state index contributed by atoms with van der Waals surface area (Å²) in [6, 6.07) is 14.2. The van der Waals surface area contributed by atoms with Crippen LogP contribution in [0.15, 0.2) is 52.2 Å². The zero-order chi connectivity index (χ0) is 20.1. The molecule has 0 spiro atoms. The standard InChI is InChI=1S/C22H23N3O2S2/c26-20(23-16-8-2-3-9-16)12-17-13-28-22(24-17)29-14-21(27)25-19-11-5-7-15-6-1-4-10-18(15)19/h1,4-7,10-11,13,16H,2-3,8-9,12,14H2,(H,23,26)(H,25,27). The molecule has 1 aliphatic carbocycles. The summed E-state index contributed by atoms with van der Waals surface area (Å²) in [5.74, 6) is 0.249. The number of benzene rings is 2. The van der Waals surface area contributed by atoms with Crippen LogP contribution in [-0.4, -0.2) is 28.6 Å². The van der Waals surface area contributed by atoms with Crippen molar-refractivity contribution in [3.8, 4) is 0 Å². The number of anilines is 1. The van der Waals surface area contributed by atoms with Gasteiger partial charge in [-0.1, -0.05) is 61.0 Å². The Morgan fingerprint density at radius 1 is 1.07 bits per heavy atom. The highest BCUT2D eigenvalue weighted by Gasteiger charge is 2.18. The van der Waals surface area contributed by atoms with Crippen LogP contribution in [0.3, 0.4) is 0 Å². The van der Waals surface area contributed by atoms with Gasteiger partial charge in [0.25, 0.3) is 0 Å². The fourth-order valence-electron chi connectivity index (χ4n) is 3.60. The maximum atomic E-state index is 12.4. The first kappa shape index (κ1) is 19.9. The van der Waals surface area contributed by atoms with Crippen LogP contribution in [0.5, 0.6) is 0 Å². The fourth-order valence-corrected chi connectivity index (χ4v) is 5.24. The second-order valence-corrected chi connectivity index (χ2v) is 9.27. The van der Waals surface area contributed by atoms with Gasteiger partial charge in [0.1, 0.15) is 0 Å². The molecule has 1 aliphatic rings. The van der Waals surface area contributed by atoms with E-state index in [1.54, 1.807) is 0 Å². The summed E-state index contributed by atoms with van der Waals surface area (Å²) in [6.45, 7) is 0. The van der Waals surface area contributed by atoms with Gasteiger partial charge >= 0.3 is 0 Å². The SMILES string of the molecule is O=C(CSc1nc(CC(=O)NC2CCCC2)cs1)Nc1cccc2ccccc12. The van der Waals surface area contributed by atoms with Gasteiger partial charge in [-0.3, -0.25) is 9.59 Å². The Kier molecular flexibility index (Phi) is 6.46. The molecular weight excluding hydrogens is 402 g/mol. The highest BCUT2D eigenvalue weighted by Crippen LogP contribution is 2.26. The van der Waals surface area contributed by atoms with Gasteiger partial charge in [-0.25, -0.2) is 4.98 Å². The van der Waals surface area contributed by atoms with E-state index in [1.807, 2.05) is 47.8 Å². The number of nitrogens with one attached hydrogen (secondary N) is 2. The second kappa shape index (κ2) is 9.41. The molecule has 0 bridgehead atoms. The molecule has 0 aliphatic heterocycles. The lowest BCUT2D eigenvalue weighted by molar-refractivity contribution is -0.121. The summed E-state index contributed by atoms with van der Waals surface area (Å²) in [7, 11) is 0. The number of carbonyl (C=O) groups is 2. The minimum absolute atomic E-state index is 0.0347. The van der Waals surface area contributed by atoms with Gasteiger partial charge in [0.15, 0.2) is 4.34 Å². The Morgan fingerprint density at radius 2 is 1.86 bits per heavy atom. The van der Waals surface area contributed by atoms with E-state index in [9.17, 15) is 9.59 Å². The number of amides is 2. The highest BCUT2D eigenvalue weighted by molar-refractivity contribution is 8.01. The Labute approximate surface area is 178 Å². The van der Waals surface area contributed by atoms with Crippen molar-refractivity contribution < 1.29 is 9.59 Å². The number of thiazole rings is 1.